The van der Waals surface area contributed by atoms with E-state index in [0.29, 0.717) is 22.8 Å². The Morgan fingerprint density at radius 2 is 1.78 bits per heavy atom. The summed E-state index contributed by atoms with van der Waals surface area (Å²) in [5, 5.41) is 17.0. The standard InChI is InChI=1S/C24H20FN5O2/c25-16-8-10-18(11-9-16)30-21-7-2-1-6-20(21)22(29-30)24(32)28-17-13-26-23(27-14-17)15-4-3-5-19(31)12-15/h3-5,8-14,31H,1-2,6-7H2,(H,28,32). The number of aromatic hydroxyl groups is 1. The zero-order chi connectivity index (χ0) is 22.1. The third-order valence-electron chi connectivity index (χ3n) is 5.48. The first-order chi connectivity index (χ1) is 15.6. The van der Waals surface area contributed by atoms with E-state index in [0.717, 1.165) is 42.6 Å². The molecular formula is C24H20FN5O2. The lowest BCUT2D eigenvalue weighted by atomic mass is 9.95. The molecule has 0 radical (unpaired) electrons. The van der Waals surface area contributed by atoms with Crippen molar-refractivity contribution >= 4 is 11.6 Å². The van der Waals surface area contributed by atoms with Gasteiger partial charge in [-0.05, 0) is 62.1 Å². The Labute approximate surface area is 183 Å². The van der Waals surface area contributed by atoms with Crippen LogP contribution in [-0.4, -0.2) is 30.8 Å². The van der Waals surface area contributed by atoms with Crippen LogP contribution in [0.4, 0.5) is 10.1 Å². The number of carbonyl (C=O) groups is 1. The fraction of sp³-hybridized carbons (Fsp3) is 0.167. The van der Waals surface area contributed by atoms with E-state index in [2.05, 4.69) is 20.4 Å². The van der Waals surface area contributed by atoms with Crippen LogP contribution in [0.3, 0.4) is 0 Å². The molecule has 32 heavy (non-hydrogen) atoms. The molecule has 1 amide bonds. The average molecular weight is 429 g/mol. The van der Waals surface area contributed by atoms with E-state index in [1.807, 2.05) is 0 Å². The molecule has 0 fully saturated rings. The van der Waals surface area contributed by atoms with Gasteiger partial charge in [-0.3, -0.25) is 4.79 Å². The number of phenolic OH excluding ortho intramolecular Hbond substituents is 1. The van der Waals surface area contributed by atoms with Crippen molar-refractivity contribution in [3.8, 4) is 22.8 Å². The Morgan fingerprint density at radius 1 is 1.03 bits per heavy atom. The number of carbonyl (C=O) groups excluding carboxylic acids is 1. The minimum Gasteiger partial charge on any atom is -0.508 e. The average Bonchev–Trinajstić information content (AvgIpc) is 3.20. The van der Waals surface area contributed by atoms with Crippen molar-refractivity contribution in [1.82, 2.24) is 19.7 Å². The number of fused-ring (bicyclic) bond motifs is 1. The molecule has 160 valence electrons. The van der Waals surface area contributed by atoms with Gasteiger partial charge in [0.2, 0.25) is 0 Å². The summed E-state index contributed by atoms with van der Waals surface area (Å²) in [6, 6.07) is 12.7. The van der Waals surface area contributed by atoms with Crippen molar-refractivity contribution in [3.63, 3.8) is 0 Å². The molecule has 0 aliphatic heterocycles. The summed E-state index contributed by atoms with van der Waals surface area (Å²) in [6.07, 6.45) is 6.64. The number of halogens is 1. The molecule has 0 unspecified atom stereocenters. The van der Waals surface area contributed by atoms with Gasteiger partial charge in [0.1, 0.15) is 11.6 Å². The Bertz CT molecular complexity index is 1280. The molecule has 7 nitrogen and oxygen atoms in total. The van der Waals surface area contributed by atoms with Gasteiger partial charge in [0.05, 0.1) is 23.8 Å². The van der Waals surface area contributed by atoms with Crippen molar-refractivity contribution in [2.75, 3.05) is 5.32 Å². The zero-order valence-corrected chi connectivity index (χ0v) is 17.1. The molecular weight excluding hydrogens is 409 g/mol. The molecule has 2 aromatic heterocycles. The fourth-order valence-electron chi connectivity index (χ4n) is 3.95. The third-order valence-corrected chi connectivity index (χ3v) is 5.48. The van der Waals surface area contributed by atoms with Gasteiger partial charge in [-0.25, -0.2) is 19.0 Å². The maximum absolute atomic E-state index is 13.4. The second-order valence-electron chi connectivity index (χ2n) is 7.67. The van der Waals surface area contributed by atoms with Gasteiger partial charge in [0.15, 0.2) is 11.5 Å². The number of rotatable bonds is 4. The Balaban J connectivity index is 1.41. The van der Waals surface area contributed by atoms with Crippen molar-refractivity contribution in [3.05, 3.63) is 83.7 Å². The van der Waals surface area contributed by atoms with Crippen LogP contribution in [0.25, 0.3) is 17.1 Å². The summed E-state index contributed by atoms with van der Waals surface area (Å²) < 4.78 is 15.1. The quantitative estimate of drug-likeness (QED) is 0.504. The molecule has 1 aliphatic carbocycles. The summed E-state index contributed by atoms with van der Waals surface area (Å²) in [4.78, 5) is 21.6. The van der Waals surface area contributed by atoms with E-state index in [1.165, 1.54) is 24.5 Å². The second-order valence-corrected chi connectivity index (χ2v) is 7.67. The summed E-state index contributed by atoms with van der Waals surface area (Å²) in [5.74, 6) is -0.0820. The van der Waals surface area contributed by atoms with Crippen LogP contribution in [0, 0.1) is 5.82 Å². The van der Waals surface area contributed by atoms with E-state index >= 15 is 0 Å². The van der Waals surface area contributed by atoms with E-state index in [1.54, 1.807) is 41.1 Å². The first-order valence-electron chi connectivity index (χ1n) is 10.4. The monoisotopic (exact) mass is 429 g/mol. The number of amides is 1. The maximum Gasteiger partial charge on any atom is 0.276 e. The maximum atomic E-state index is 13.4. The van der Waals surface area contributed by atoms with Crippen LogP contribution in [0.15, 0.2) is 60.9 Å². The van der Waals surface area contributed by atoms with Crippen LogP contribution in [0.1, 0.15) is 34.6 Å². The summed E-state index contributed by atoms with van der Waals surface area (Å²) >= 11 is 0. The number of hydrogen-bond acceptors (Lipinski definition) is 5. The van der Waals surface area contributed by atoms with Crippen molar-refractivity contribution < 1.29 is 14.3 Å². The lowest BCUT2D eigenvalue weighted by molar-refractivity contribution is 0.102. The summed E-state index contributed by atoms with van der Waals surface area (Å²) in [5.41, 5.74) is 4.12. The van der Waals surface area contributed by atoms with E-state index in [-0.39, 0.29) is 17.5 Å². The highest BCUT2D eigenvalue weighted by atomic mass is 19.1. The largest absolute Gasteiger partial charge is 0.508 e. The normalized spacial score (nSPS) is 12.9. The number of nitrogens with zero attached hydrogens (tertiary/aromatic N) is 4. The molecule has 0 saturated heterocycles. The highest BCUT2D eigenvalue weighted by Gasteiger charge is 2.25. The Kier molecular flexibility index (Phi) is 5.10. The van der Waals surface area contributed by atoms with Crippen LogP contribution in [-0.2, 0) is 12.8 Å². The van der Waals surface area contributed by atoms with Crippen LogP contribution in [0.2, 0.25) is 0 Å². The number of anilines is 1. The molecule has 8 heteroatoms. The predicted octanol–water partition coefficient (Wildman–Crippen LogP) is 4.31. The first-order valence-corrected chi connectivity index (χ1v) is 10.4. The Morgan fingerprint density at radius 3 is 2.53 bits per heavy atom. The molecule has 2 heterocycles. The summed E-state index contributed by atoms with van der Waals surface area (Å²) in [7, 11) is 0. The molecule has 4 aromatic rings. The minimum absolute atomic E-state index is 0.130. The molecule has 2 N–H and O–H groups in total. The Hall–Kier alpha value is -4.07. The van der Waals surface area contributed by atoms with Crippen molar-refractivity contribution in [2.45, 2.75) is 25.7 Å². The highest BCUT2D eigenvalue weighted by molar-refractivity contribution is 6.04. The number of phenols is 1. The third kappa shape index (κ3) is 3.82. The number of nitrogens with one attached hydrogen (secondary N) is 1. The number of hydrogen-bond donors (Lipinski definition) is 2. The second kappa shape index (κ2) is 8.22. The van der Waals surface area contributed by atoms with Gasteiger partial charge in [-0.1, -0.05) is 12.1 Å². The van der Waals surface area contributed by atoms with Gasteiger partial charge in [0.25, 0.3) is 5.91 Å². The van der Waals surface area contributed by atoms with Crippen molar-refractivity contribution in [2.24, 2.45) is 0 Å². The molecule has 5 rings (SSSR count). The zero-order valence-electron chi connectivity index (χ0n) is 17.1. The molecule has 1 aliphatic rings. The highest BCUT2D eigenvalue weighted by Crippen LogP contribution is 2.28. The van der Waals surface area contributed by atoms with Crippen LogP contribution in [0.5, 0.6) is 5.75 Å². The smallest absolute Gasteiger partial charge is 0.276 e. The van der Waals surface area contributed by atoms with Crippen LogP contribution >= 0.6 is 0 Å². The lowest BCUT2D eigenvalue weighted by Gasteiger charge is -2.14. The van der Waals surface area contributed by atoms with Gasteiger partial charge >= 0.3 is 0 Å². The molecule has 0 bridgehead atoms. The lowest BCUT2D eigenvalue weighted by Crippen LogP contribution is -2.16. The predicted molar refractivity (Wildman–Crippen MR) is 117 cm³/mol. The SMILES string of the molecule is O=C(Nc1cnc(-c2cccc(O)c2)nc1)c1nn(-c2ccc(F)cc2)c2c1CCCC2. The van der Waals surface area contributed by atoms with Gasteiger partial charge in [-0.15, -0.1) is 0 Å². The van der Waals surface area contributed by atoms with E-state index in [9.17, 15) is 14.3 Å². The van der Waals surface area contributed by atoms with Gasteiger partial charge < -0.3 is 10.4 Å². The fourth-order valence-corrected chi connectivity index (χ4v) is 3.95. The molecule has 0 spiro atoms. The van der Waals surface area contributed by atoms with Crippen LogP contribution < -0.4 is 5.32 Å². The van der Waals surface area contributed by atoms with Crippen molar-refractivity contribution in [1.29, 1.82) is 0 Å². The topological polar surface area (TPSA) is 92.9 Å². The molecule has 0 atom stereocenters. The molecule has 0 saturated carbocycles. The number of aromatic nitrogens is 4. The minimum atomic E-state index is -0.335. The molecule has 2 aromatic carbocycles. The van der Waals surface area contributed by atoms with Gasteiger partial charge in [0, 0.05) is 16.8 Å². The van der Waals surface area contributed by atoms with E-state index < -0.39 is 0 Å². The summed E-state index contributed by atoms with van der Waals surface area (Å²) in [6.45, 7) is 0. The van der Waals surface area contributed by atoms with E-state index in [4.69, 9.17) is 0 Å². The number of benzene rings is 2. The first kappa shape index (κ1) is 19.9. The van der Waals surface area contributed by atoms with Gasteiger partial charge in [-0.2, -0.15) is 5.10 Å².